The molecule has 0 aromatic heterocycles. The minimum Gasteiger partial charge on any atom is -0.480 e. The summed E-state index contributed by atoms with van der Waals surface area (Å²) in [6.45, 7) is 0. The topological polar surface area (TPSA) is 57.6 Å². The van der Waals surface area contributed by atoms with Crippen LogP contribution in [0.15, 0.2) is 28.7 Å². The van der Waals surface area contributed by atoms with Crippen molar-refractivity contribution in [3.8, 4) is 0 Å². The maximum absolute atomic E-state index is 11.8. The van der Waals surface area contributed by atoms with E-state index in [4.69, 9.17) is 5.11 Å². The Labute approximate surface area is 111 Å². The zero-order valence-electron chi connectivity index (χ0n) is 8.80. The predicted octanol–water partition coefficient (Wildman–Crippen LogP) is 1.98. The first-order valence-corrected chi connectivity index (χ1v) is 6.92. The molecule has 0 spiro atoms. The lowest BCUT2D eigenvalue weighted by Gasteiger charge is -2.32. The molecule has 1 aromatic rings. The molecule has 6 heteroatoms. The van der Waals surface area contributed by atoms with Crippen molar-refractivity contribution in [2.24, 2.45) is 0 Å². The number of halogens is 1. The lowest BCUT2D eigenvalue weighted by molar-refractivity contribution is -0.139. The first-order chi connectivity index (χ1) is 8.09. The number of carbonyl (C=O) groups is 2. The molecule has 1 amide bonds. The Morgan fingerprint density at radius 2 is 2.06 bits per heavy atom. The molecular weight excluding hydrogens is 306 g/mol. The fourth-order valence-corrected chi connectivity index (χ4v) is 2.89. The van der Waals surface area contributed by atoms with Crippen LogP contribution in [-0.4, -0.2) is 34.5 Å². The van der Waals surface area contributed by atoms with Crippen LogP contribution in [0.2, 0.25) is 0 Å². The van der Waals surface area contributed by atoms with Gasteiger partial charge in [-0.25, -0.2) is 4.79 Å². The Kier molecular flexibility index (Phi) is 3.73. The molecule has 1 aliphatic rings. The first kappa shape index (κ1) is 12.4. The van der Waals surface area contributed by atoms with Crippen molar-refractivity contribution in [2.45, 2.75) is 6.04 Å². The van der Waals surface area contributed by atoms with Crippen molar-refractivity contribution >= 4 is 45.3 Å². The molecule has 2 rings (SSSR count). The van der Waals surface area contributed by atoms with Gasteiger partial charge in [0.2, 0.25) is 5.91 Å². The molecule has 1 saturated heterocycles. The van der Waals surface area contributed by atoms with Crippen LogP contribution in [-0.2, 0) is 9.59 Å². The first-order valence-electron chi connectivity index (χ1n) is 4.98. The van der Waals surface area contributed by atoms with Gasteiger partial charge in [-0.1, -0.05) is 15.9 Å². The van der Waals surface area contributed by atoms with E-state index in [2.05, 4.69) is 15.9 Å². The third kappa shape index (κ3) is 2.63. The van der Waals surface area contributed by atoms with E-state index in [-0.39, 0.29) is 5.91 Å². The molecule has 17 heavy (non-hydrogen) atoms. The highest BCUT2D eigenvalue weighted by Crippen LogP contribution is 2.26. The fourth-order valence-electron chi connectivity index (χ4n) is 1.68. The van der Waals surface area contributed by atoms with Gasteiger partial charge >= 0.3 is 5.97 Å². The summed E-state index contributed by atoms with van der Waals surface area (Å²) < 4.78 is 0.895. The maximum Gasteiger partial charge on any atom is 0.327 e. The van der Waals surface area contributed by atoms with E-state index < -0.39 is 12.0 Å². The summed E-state index contributed by atoms with van der Waals surface area (Å²) in [5.41, 5.74) is 0.630. The third-order valence-electron chi connectivity index (χ3n) is 2.47. The lowest BCUT2D eigenvalue weighted by Crippen LogP contribution is -2.50. The molecule has 1 fully saturated rings. The number of anilines is 1. The number of amides is 1. The molecule has 0 aliphatic carbocycles. The van der Waals surface area contributed by atoms with Gasteiger partial charge in [0.1, 0.15) is 6.04 Å². The summed E-state index contributed by atoms with van der Waals surface area (Å²) >= 11 is 4.66. The van der Waals surface area contributed by atoms with E-state index in [0.717, 1.165) is 4.47 Å². The Morgan fingerprint density at radius 1 is 1.41 bits per heavy atom. The SMILES string of the molecule is O=C(O)C1CSCC(=O)N1c1ccc(Br)cc1. The van der Waals surface area contributed by atoms with Gasteiger partial charge in [0.15, 0.2) is 0 Å². The molecule has 1 unspecified atom stereocenters. The number of nitrogens with zero attached hydrogens (tertiary/aromatic N) is 1. The molecule has 1 atom stereocenters. The van der Waals surface area contributed by atoms with Gasteiger partial charge in [-0.3, -0.25) is 9.69 Å². The molecule has 0 saturated carbocycles. The zero-order valence-corrected chi connectivity index (χ0v) is 11.2. The monoisotopic (exact) mass is 315 g/mol. The molecule has 1 heterocycles. The number of carbonyl (C=O) groups excluding carboxylic acids is 1. The molecule has 90 valence electrons. The Bertz CT molecular complexity index is 449. The Morgan fingerprint density at radius 3 is 2.65 bits per heavy atom. The van der Waals surface area contributed by atoms with Crippen LogP contribution in [0.4, 0.5) is 5.69 Å². The van der Waals surface area contributed by atoms with Gasteiger partial charge < -0.3 is 5.11 Å². The number of thioether (sulfide) groups is 1. The van der Waals surface area contributed by atoms with Crippen LogP contribution in [0.1, 0.15) is 0 Å². The van der Waals surface area contributed by atoms with Crippen LogP contribution < -0.4 is 4.90 Å². The van der Waals surface area contributed by atoms with Gasteiger partial charge in [-0.15, -0.1) is 11.8 Å². The predicted molar refractivity (Wildman–Crippen MR) is 70.4 cm³/mol. The third-order valence-corrected chi connectivity index (χ3v) is 4.00. The van der Waals surface area contributed by atoms with Crippen LogP contribution in [0.3, 0.4) is 0 Å². The van der Waals surface area contributed by atoms with Gasteiger partial charge in [0.05, 0.1) is 5.75 Å². The number of benzene rings is 1. The highest BCUT2D eigenvalue weighted by atomic mass is 79.9. The van der Waals surface area contributed by atoms with Crippen molar-refractivity contribution in [3.05, 3.63) is 28.7 Å². The number of carboxylic acid groups (broad SMARTS) is 1. The standard InChI is InChI=1S/C11H10BrNO3S/c12-7-1-3-8(4-2-7)13-9(11(15)16)5-17-6-10(13)14/h1-4,9H,5-6H2,(H,15,16). The van der Waals surface area contributed by atoms with E-state index in [1.165, 1.54) is 16.7 Å². The van der Waals surface area contributed by atoms with Gasteiger partial charge in [0.25, 0.3) is 0 Å². The van der Waals surface area contributed by atoms with Crippen molar-refractivity contribution in [3.63, 3.8) is 0 Å². The van der Waals surface area contributed by atoms with Crippen LogP contribution in [0, 0.1) is 0 Å². The average Bonchev–Trinajstić information content (AvgIpc) is 2.30. The van der Waals surface area contributed by atoms with Crippen LogP contribution >= 0.6 is 27.7 Å². The van der Waals surface area contributed by atoms with Crippen molar-refractivity contribution in [1.29, 1.82) is 0 Å². The number of aliphatic carboxylic acids is 1. The largest absolute Gasteiger partial charge is 0.480 e. The van der Waals surface area contributed by atoms with Crippen molar-refractivity contribution < 1.29 is 14.7 Å². The molecule has 0 bridgehead atoms. The summed E-state index contributed by atoms with van der Waals surface area (Å²) in [6, 6.07) is 6.30. The van der Waals surface area contributed by atoms with Crippen molar-refractivity contribution in [2.75, 3.05) is 16.4 Å². The summed E-state index contributed by atoms with van der Waals surface area (Å²) in [5, 5.41) is 9.13. The Balaban J connectivity index is 2.34. The second kappa shape index (κ2) is 5.10. The minimum atomic E-state index is -0.964. The minimum absolute atomic E-state index is 0.157. The second-order valence-corrected chi connectivity index (χ2v) is 5.56. The molecule has 1 N–H and O–H groups in total. The highest BCUT2D eigenvalue weighted by molar-refractivity contribution is 9.10. The highest BCUT2D eigenvalue weighted by Gasteiger charge is 2.34. The van der Waals surface area contributed by atoms with Crippen molar-refractivity contribution in [1.82, 2.24) is 0 Å². The summed E-state index contributed by atoms with van der Waals surface area (Å²) in [5.74, 6) is -0.360. The quantitative estimate of drug-likeness (QED) is 0.906. The van der Waals surface area contributed by atoms with E-state index in [1.807, 2.05) is 0 Å². The molecule has 0 radical (unpaired) electrons. The number of hydrogen-bond acceptors (Lipinski definition) is 3. The van der Waals surface area contributed by atoms with E-state index in [0.29, 0.717) is 17.2 Å². The van der Waals surface area contributed by atoms with E-state index in [9.17, 15) is 9.59 Å². The lowest BCUT2D eigenvalue weighted by atomic mass is 10.2. The van der Waals surface area contributed by atoms with E-state index >= 15 is 0 Å². The fraction of sp³-hybridized carbons (Fsp3) is 0.273. The van der Waals surface area contributed by atoms with Gasteiger partial charge in [-0.05, 0) is 24.3 Å². The second-order valence-electron chi connectivity index (χ2n) is 3.61. The maximum atomic E-state index is 11.8. The summed E-state index contributed by atoms with van der Waals surface area (Å²) in [7, 11) is 0. The number of rotatable bonds is 2. The van der Waals surface area contributed by atoms with Gasteiger partial charge in [-0.2, -0.15) is 0 Å². The number of hydrogen-bond donors (Lipinski definition) is 1. The smallest absolute Gasteiger partial charge is 0.327 e. The molecule has 1 aliphatic heterocycles. The van der Waals surface area contributed by atoms with E-state index in [1.54, 1.807) is 24.3 Å². The summed E-state index contributed by atoms with van der Waals surface area (Å²) in [4.78, 5) is 24.3. The Hall–Kier alpha value is -1.01. The van der Waals surface area contributed by atoms with Crippen LogP contribution in [0.5, 0.6) is 0 Å². The normalized spacial score (nSPS) is 20.4. The average molecular weight is 316 g/mol. The number of carboxylic acids is 1. The zero-order chi connectivity index (χ0) is 12.4. The molecule has 4 nitrogen and oxygen atoms in total. The van der Waals surface area contributed by atoms with Crippen LogP contribution in [0.25, 0.3) is 0 Å². The molecule has 1 aromatic carbocycles. The summed E-state index contributed by atoms with van der Waals surface area (Å²) in [6.07, 6.45) is 0. The van der Waals surface area contributed by atoms with Gasteiger partial charge in [0, 0.05) is 15.9 Å². The molecular formula is C11H10BrNO3S.